The molecule has 0 spiro atoms. The van der Waals surface area contributed by atoms with Crippen LogP contribution in [0.1, 0.15) is 58.3 Å². The first-order valence-corrected chi connectivity index (χ1v) is 12.1. The first-order chi connectivity index (χ1) is 19.3. The minimum atomic E-state index is -8.03. The smallest absolute Gasteiger partial charge is 0.460 e. The van der Waals surface area contributed by atoms with Crippen molar-refractivity contribution < 1.29 is 90.8 Å². The summed E-state index contributed by atoms with van der Waals surface area (Å²) in [5.41, 5.74) is 0. The molecule has 1 unspecified atom stereocenters. The van der Waals surface area contributed by atoms with E-state index in [1.54, 1.807) is 6.92 Å². The van der Waals surface area contributed by atoms with Crippen molar-refractivity contribution in [2.75, 3.05) is 13.2 Å². The fourth-order valence-corrected chi connectivity index (χ4v) is 2.91. The molecule has 0 saturated carbocycles. The van der Waals surface area contributed by atoms with Crippen molar-refractivity contribution in [3.63, 3.8) is 0 Å². The van der Waals surface area contributed by atoms with E-state index in [0.717, 1.165) is 0 Å². The fraction of sp³-hybridized carbons (Fsp3) is 0.818. The van der Waals surface area contributed by atoms with Crippen LogP contribution in [0.3, 0.4) is 0 Å². The van der Waals surface area contributed by atoms with Gasteiger partial charge in [-0.2, -0.15) is 57.1 Å². The number of nitrogens with one attached hydrogen (secondary N) is 1. The molecule has 0 aromatic heterocycles. The third-order valence-electron chi connectivity index (χ3n) is 5.43. The lowest BCUT2D eigenvalue weighted by molar-refractivity contribution is -0.440. The van der Waals surface area contributed by atoms with Gasteiger partial charge in [-0.05, 0) is 12.8 Å². The van der Waals surface area contributed by atoms with Gasteiger partial charge in [0.05, 0.1) is 19.4 Å². The molecule has 0 aromatic rings. The van der Waals surface area contributed by atoms with E-state index in [2.05, 4.69) is 0 Å². The number of carboxylic acid groups (broad SMARTS) is 1. The Kier molecular flexibility index (Phi) is 14.0. The van der Waals surface area contributed by atoms with Crippen LogP contribution >= 0.6 is 0 Å². The van der Waals surface area contributed by atoms with E-state index in [9.17, 15) is 76.3 Å². The molecule has 0 rings (SSSR count). The number of amides is 1. The molecule has 252 valence electrons. The molecule has 8 nitrogen and oxygen atoms in total. The quantitative estimate of drug-likeness (QED) is 0.138. The van der Waals surface area contributed by atoms with Crippen LogP contribution in [0.4, 0.5) is 57.1 Å². The largest absolute Gasteiger partial charge is 0.481 e. The number of hydrogen-bond acceptors (Lipinski definition) is 6. The van der Waals surface area contributed by atoms with Crippen molar-refractivity contribution in [3.05, 3.63) is 0 Å². The predicted molar refractivity (Wildman–Crippen MR) is 115 cm³/mol. The Morgan fingerprint density at radius 2 is 1.23 bits per heavy atom. The standard InChI is InChI=1S/C22H26F13NO7/c1-2-3-6-15(40)42-11-12(43-16(41)8-7-14(38)39)10-36-13(37)5-4-9-17(23,24)18(25,26)19(27,28)20(29,30)21(31,32)22(33,34)35/h12H,2-11H2,1H3,(H,36,37)(H,38,39). The van der Waals surface area contributed by atoms with E-state index in [1.165, 1.54) is 0 Å². The maximum absolute atomic E-state index is 13.8. The topological polar surface area (TPSA) is 119 Å². The van der Waals surface area contributed by atoms with Crippen LogP contribution in [0, 0.1) is 0 Å². The lowest BCUT2D eigenvalue weighted by Gasteiger charge is -2.39. The summed E-state index contributed by atoms with van der Waals surface area (Å²) < 4.78 is 181. The third kappa shape index (κ3) is 10.3. The Balaban J connectivity index is 5.36. The molecule has 0 aromatic carbocycles. The minimum Gasteiger partial charge on any atom is -0.481 e. The number of esters is 2. The summed E-state index contributed by atoms with van der Waals surface area (Å²) in [4.78, 5) is 45.8. The van der Waals surface area contributed by atoms with Crippen molar-refractivity contribution in [1.29, 1.82) is 0 Å². The van der Waals surface area contributed by atoms with Gasteiger partial charge in [-0.3, -0.25) is 19.2 Å². The van der Waals surface area contributed by atoms with Gasteiger partial charge in [-0.1, -0.05) is 13.3 Å². The summed E-state index contributed by atoms with van der Waals surface area (Å²) in [7, 11) is 0. The molecule has 43 heavy (non-hydrogen) atoms. The van der Waals surface area contributed by atoms with Gasteiger partial charge < -0.3 is 19.9 Å². The molecular weight excluding hydrogens is 637 g/mol. The van der Waals surface area contributed by atoms with Crippen molar-refractivity contribution in [3.8, 4) is 0 Å². The summed E-state index contributed by atoms with van der Waals surface area (Å²) in [5, 5.41) is 10.5. The van der Waals surface area contributed by atoms with Crippen LogP contribution < -0.4 is 5.32 Å². The number of carbonyl (C=O) groups excluding carboxylic acids is 3. The molecule has 0 heterocycles. The fourth-order valence-electron chi connectivity index (χ4n) is 2.91. The van der Waals surface area contributed by atoms with Crippen LogP contribution in [0.25, 0.3) is 0 Å². The summed E-state index contributed by atoms with van der Waals surface area (Å²) in [6.07, 6.45) is -14.8. The Bertz CT molecular complexity index is 972. The summed E-state index contributed by atoms with van der Waals surface area (Å²) in [5.74, 6) is -42.3. The van der Waals surface area contributed by atoms with Crippen molar-refractivity contribution in [1.82, 2.24) is 5.32 Å². The van der Waals surface area contributed by atoms with Crippen LogP contribution in [-0.2, 0) is 28.7 Å². The molecule has 0 aliphatic heterocycles. The second-order valence-electron chi connectivity index (χ2n) is 8.95. The SMILES string of the molecule is CCCCC(=O)OCC(CNC(=O)CCCC(F)(F)C(F)(F)C(F)(F)C(F)(F)C(F)(F)C(F)(F)F)OC(=O)CCC(=O)O. The van der Waals surface area contributed by atoms with Gasteiger partial charge >= 0.3 is 53.7 Å². The molecule has 1 atom stereocenters. The second kappa shape index (κ2) is 15.1. The summed E-state index contributed by atoms with van der Waals surface area (Å²) in [6, 6.07) is 0. The lowest BCUT2D eigenvalue weighted by atomic mass is 9.91. The zero-order chi connectivity index (χ0) is 34.1. The number of ether oxygens (including phenoxy) is 2. The van der Waals surface area contributed by atoms with E-state index in [4.69, 9.17) is 14.6 Å². The number of rotatable bonds is 19. The van der Waals surface area contributed by atoms with Gasteiger partial charge in [0, 0.05) is 19.3 Å². The van der Waals surface area contributed by atoms with Gasteiger partial charge in [-0.25, -0.2) is 0 Å². The molecule has 0 saturated heterocycles. The maximum atomic E-state index is 13.8. The van der Waals surface area contributed by atoms with Gasteiger partial charge in [0.2, 0.25) is 5.91 Å². The van der Waals surface area contributed by atoms with Gasteiger partial charge in [0.25, 0.3) is 0 Å². The monoisotopic (exact) mass is 663 g/mol. The highest BCUT2D eigenvalue weighted by Gasteiger charge is 2.90. The van der Waals surface area contributed by atoms with Crippen molar-refractivity contribution >= 4 is 23.8 Å². The Labute approximate surface area is 234 Å². The molecular formula is C22H26F13NO7. The Morgan fingerprint density at radius 1 is 0.698 bits per heavy atom. The number of aliphatic carboxylic acids is 1. The van der Waals surface area contributed by atoms with Crippen molar-refractivity contribution in [2.45, 2.75) is 100 Å². The summed E-state index contributed by atoms with van der Waals surface area (Å²) >= 11 is 0. The van der Waals surface area contributed by atoms with Crippen LogP contribution in [-0.4, -0.2) is 84.0 Å². The van der Waals surface area contributed by atoms with Crippen LogP contribution in [0.5, 0.6) is 0 Å². The first-order valence-electron chi connectivity index (χ1n) is 12.1. The summed E-state index contributed by atoms with van der Waals surface area (Å²) in [6.45, 7) is 0.264. The number of carbonyl (C=O) groups is 4. The normalized spacial score (nSPS) is 14.2. The number of unbranched alkanes of at least 4 members (excludes halogenated alkanes) is 1. The highest BCUT2D eigenvalue weighted by Crippen LogP contribution is 2.60. The minimum absolute atomic E-state index is 0.0692. The molecule has 1 amide bonds. The average molecular weight is 663 g/mol. The molecule has 21 heteroatoms. The number of halogens is 13. The van der Waals surface area contributed by atoms with E-state index in [-0.39, 0.29) is 6.42 Å². The molecule has 2 N–H and O–H groups in total. The van der Waals surface area contributed by atoms with E-state index >= 15 is 0 Å². The molecule has 0 fully saturated rings. The van der Waals surface area contributed by atoms with Crippen molar-refractivity contribution in [2.24, 2.45) is 0 Å². The highest BCUT2D eigenvalue weighted by atomic mass is 19.4. The van der Waals surface area contributed by atoms with Crippen LogP contribution in [0.15, 0.2) is 0 Å². The zero-order valence-electron chi connectivity index (χ0n) is 22.0. The zero-order valence-corrected chi connectivity index (χ0v) is 22.0. The van der Waals surface area contributed by atoms with Gasteiger partial charge in [-0.15, -0.1) is 0 Å². The second-order valence-corrected chi connectivity index (χ2v) is 8.95. The molecule has 0 bridgehead atoms. The third-order valence-corrected chi connectivity index (χ3v) is 5.43. The average Bonchev–Trinajstić information content (AvgIpc) is 2.86. The van der Waals surface area contributed by atoms with E-state index < -0.39 is 111 Å². The number of alkyl halides is 13. The Hall–Kier alpha value is -3.03. The van der Waals surface area contributed by atoms with E-state index in [0.29, 0.717) is 12.8 Å². The number of carboxylic acids is 1. The van der Waals surface area contributed by atoms with Gasteiger partial charge in [0.1, 0.15) is 6.61 Å². The van der Waals surface area contributed by atoms with Gasteiger partial charge in [0.15, 0.2) is 6.10 Å². The predicted octanol–water partition coefficient (Wildman–Crippen LogP) is 5.52. The lowest BCUT2D eigenvalue weighted by Crippen LogP contribution is -2.70. The van der Waals surface area contributed by atoms with E-state index in [1.807, 2.05) is 5.32 Å². The molecule has 0 radical (unpaired) electrons. The Morgan fingerprint density at radius 3 is 1.72 bits per heavy atom. The number of hydrogen-bond donors (Lipinski definition) is 2. The maximum Gasteiger partial charge on any atom is 0.460 e. The molecule has 0 aliphatic carbocycles. The first kappa shape index (κ1) is 40.0. The highest BCUT2D eigenvalue weighted by molar-refractivity contribution is 5.77. The molecule has 0 aliphatic rings. The van der Waals surface area contributed by atoms with Crippen LogP contribution in [0.2, 0.25) is 0 Å².